The molecule has 0 amide bonds. The van der Waals surface area contributed by atoms with Crippen LogP contribution < -0.4 is 4.74 Å². The van der Waals surface area contributed by atoms with Gasteiger partial charge in [-0.25, -0.2) is 4.79 Å². The van der Waals surface area contributed by atoms with Gasteiger partial charge in [0.2, 0.25) is 0 Å². The van der Waals surface area contributed by atoms with Crippen molar-refractivity contribution in [1.82, 2.24) is 0 Å². The smallest absolute Gasteiger partial charge is 0.376 e. The van der Waals surface area contributed by atoms with Gasteiger partial charge in [0.1, 0.15) is 5.75 Å². The Labute approximate surface area is 103 Å². The van der Waals surface area contributed by atoms with Gasteiger partial charge in [0.15, 0.2) is 0 Å². The molecule has 1 aromatic carbocycles. The summed E-state index contributed by atoms with van der Waals surface area (Å²) in [5, 5.41) is 0.810. The Morgan fingerprint density at radius 2 is 1.75 bits per heavy atom. The van der Waals surface area contributed by atoms with E-state index in [2.05, 4.69) is 4.74 Å². The highest BCUT2D eigenvalue weighted by atomic mass is 35.5. The zero-order valence-corrected chi connectivity index (χ0v) is 10.2. The molecule has 0 bridgehead atoms. The van der Waals surface area contributed by atoms with Crippen molar-refractivity contribution < 1.29 is 19.0 Å². The van der Waals surface area contributed by atoms with Crippen LogP contribution in [0.4, 0.5) is 0 Å². The number of carbonyl (C=O) groups excluding carboxylic acids is 1. The largest absolute Gasteiger partial charge is 0.464 e. The van der Waals surface area contributed by atoms with Gasteiger partial charge in [-0.2, -0.15) is 0 Å². The summed E-state index contributed by atoms with van der Waals surface area (Å²) in [5.41, 5.74) is 0. The fourth-order valence-corrected chi connectivity index (χ4v) is 1.51. The van der Waals surface area contributed by atoms with Gasteiger partial charge in [0.25, 0.3) is 6.29 Å². The van der Waals surface area contributed by atoms with E-state index in [1.165, 1.54) is 26.4 Å². The molecule has 1 aromatic rings. The van der Waals surface area contributed by atoms with Crippen LogP contribution in [0.5, 0.6) is 5.75 Å². The van der Waals surface area contributed by atoms with Gasteiger partial charge in [-0.05, 0) is 18.2 Å². The van der Waals surface area contributed by atoms with E-state index in [0.717, 1.165) is 0 Å². The number of halogens is 2. The second-order valence-corrected chi connectivity index (χ2v) is 3.69. The number of methoxy groups -OCH3 is 2. The third kappa shape index (κ3) is 3.56. The summed E-state index contributed by atoms with van der Waals surface area (Å²) < 4.78 is 14.5. The first-order valence-electron chi connectivity index (χ1n) is 4.30. The van der Waals surface area contributed by atoms with Crippen LogP contribution in [0.2, 0.25) is 10.0 Å². The summed E-state index contributed by atoms with van der Waals surface area (Å²) in [4.78, 5) is 11.2. The molecule has 0 N–H and O–H groups in total. The molecule has 0 heterocycles. The standard InChI is InChI=1S/C10H10Cl2O4/c1-14-9(13)10(15-2)16-8-4-6(11)3-7(12)5-8/h3-5,10H,1-2H3. The predicted molar refractivity (Wildman–Crippen MR) is 59.9 cm³/mol. The van der Waals surface area contributed by atoms with Gasteiger partial charge in [-0.15, -0.1) is 0 Å². The van der Waals surface area contributed by atoms with Crippen LogP contribution in [0, 0.1) is 0 Å². The van der Waals surface area contributed by atoms with Gasteiger partial charge in [0.05, 0.1) is 7.11 Å². The zero-order valence-electron chi connectivity index (χ0n) is 8.70. The molecule has 0 spiro atoms. The second-order valence-electron chi connectivity index (χ2n) is 2.81. The molecule has 0 aliphatic heterocycles. The van der Waals surface area contributed by atoms with E-state index >= 15 is 0 Å². The molecular formula is C10H10Cl2O4. The first-order valence-corrected chi connectivity index (χ1v) is 5.05. The Balaban J connectivity index is 2.81. The average molecular weight is 265 g/mol. The minimum absolute atomic E-state index is 0.328. The van der Waals surface area contributed by atoms with Gasteiger partial charge in [-0.3, -0.25) is 0 Å². The third-order valence-corrected chi connectivity index (χ3v) is 2.12. The van der Waals surface area contributed by atoms with Crippen LogP contribution >= 0.6 is 23.2 Å². The van der Waals surface area contributed by atoms with Crippen molar-refractivity contribution in [1.29, 1.82) is 0 Å². The molecule has 0 aromatic heterocycles. The van der Waals surface area contributed by atoms with Crippen molar-refractivity contribution in [3.63, 3.8) is 0 Å². The minimum atomic E-state index is -1.14. The van der Waals surface area contributed by atoms with E-state index in [0.29, 0.717) is 15.8 Å². The summed E-state index contributed by atoms with van der Waals surface area (Å²) in [6.07, 6.45) is -1.14. The maximum absolute atomic E-state index is 11.2. The zero-order chi connectivity index (χ0) is 12.1. The maximum Gasteiger partial charge on any atom is 0.376 e. The molecule has 0 saturated heterocycles. The molecule has 1 unspecified atom stereocenters. The molecule has 0 saturated carbocycles. The number of rotatable bonds is 4. The highest BCUT2D eigenvalue weighted by Crippen LogP contribution is 2.25. The van der Waals surface area contributed by atoms with Crippen LogP contribution in [-0.2, 0) is 14.3 Å². The van der Waals surface area contributed by atoms with Gasteiger partial charge in [-0.1, -0.05) is 23.2 Å². The highest BCUT2D eigenvalue weighted by molar-refractivity contribution is 6.34. The molecule has 0 aliphatic carbocycles. The topological polar surface area (TPSA) is 44.8 Å². The summed E-state index contributed by atoms with van der Waals surface area (Å²) in [7, 11) is 2.57. The Bertz CT molecular complexity index is 361. The molecule has 88 valence electrons. The average Bonchev–Trinajstić information content (AvgIpc) is 2.23. The van der Waals surface area contributed by atoms with Crippen molar-refractivity contribution in [3.8, 4) is 5.75 Å². The van der Waals surface area contributed by atoms with Crippen LogP contribution in [0.25, 0.3) is 0 Å². The van der Waals surface area contributed by atoms with Crippen molar-refractivity contribution in [2.24, 2.45) is 0 Å². The van der Waals surface area contributed by atoms with E-state index in [-0.39, 0.29) is 0 Å². The highest BCUT2D eigenvalue weighted by Gasteiger charge is 2.20. The van der Waals surface area contributed by atoms with E-state index < -0.39 is 12.3 Å². The molecule has 16 heavy (non-hydrogen) atoms. The molecule has 0 radical (unpaired) electrons. The fraction of sp³-hybridized carbons (Fsp3) is 0.300. The van der Waals surface area contributed by atoms with Gasteiger partial charge >= 0.3 is 5.97 Å². The van der Waals surface area contributed by atoms with E-state index in [4.69, 9.17) is 32.7 Å². The predicted octanol–water partition coefficient (Wildman–Crippen LogP) is 2.52. The minimum Gasteiger partial charge on any atom is -0.464 e. The lowest BCUT2D eigenvalue weighted by Crippen LogP contribution is -2.30. The molecule has 1 atom stereocenters. The molecule has 1 rings (SSSR count). The monoisotopic (exact) mass is 264 g/mol. The van der Waals surface area contributed by atoms with Gasteiger partial charge < -0.3 is 14.2 Å². The van der Waals surface area contributed by atoms with E-state index in [1.807, 2.05) is 0 Å². The van der Waals surface area contributed by atoms with Crippen LogP contribution in [0.15, 0.2) is 18.2 Å². The first-order chi connectivity index (χ1) is 7.56. The summed E-state index contributed by atoms with van der Waals surface area (Å²) in [6, 6.07) is 4.58. The number of hydrogen-bond donors (Lipinski definition) is 0. The fourth-order valence-electron chi connectivity index (χ4n) is 1.01. The molecule has 4 nitrogen and oxygen atoms in total. The summed E-state index contributed by atoms with van der Waals surface area (Å²) in [6.45, 7) is 0. The molecule has 0 fully saturated rings. The Kier molecular flexibility index (Phi) is 4.86. The number of benzene rings is 1. The van der Waals surface area contributed by atoms with Crippen LogP contribution in [0.1, 0.15) is 0 Å². The molecular weight excluding hydrogens is 255 g/mol. The number of ether oxygens (including phenoxy) is 3. The quantitative estimate of drug-likeness (QED) is 0.619. The number of hydrogen-bond acceptors (Lipinski definition) is 4. The van der Waals surface area contributed by atoms with Crippen molar-refractivity contribution in [3.05, 3.63) is 28.2 Å². The van der Waals surface area contributed by atoms with Crippen molar-refractivity contribution in [2.75, 3.05) is 14.2 Å². The lowest BCUT2D eigenvalue weighted by molar-refractivity contribution is -0.170. The van der Waals surface area contributed by atoms with Crippen LogP contribution in [-0.4, -0.2) is 26.5 Å². The maximum atomic E-state index is 11.2. The Morgan fingerprint density at radius 1 is 1.19 bits per heavy atom. The Morgan fingerprint density at radius 3 is 2.19 bits per heavy atom. The first kappa shape index (κ1) is 13.1. The van der Waals surface area contributed by atoms with Gasteiger partial charge in [0, 0.05) is 17.2 Å². The van der Waals surface area contributed by atoms with Crippen molar-refractivity contribution in [2.45, 2.75) is 6.29 Å². The molecule has 6 heteroatoms. The number of carbonyl (C=O) groups is 1. The lowest BCUT2D eigenvalue weighted by atomic mass is 10.3. The van der Waals surface area contributed by atoms with Crippen LogP contribution in [0.3, 0.4) is 0 Å². The lowest BCUT2D eigenvalue weighted by Gasteiger charge is -2.15. The molecule has 0 aliphatic rings. The summed E-state index contributed by atoms with van der Waals surface area (Å²) in [5.74, 6) is -0.312. The van der Waals surface area contributed by atoms with E-state index in [9.17, 15) is 4.79 Å². The summed E-state index contributed by atoms with van der Waals surface area (Å²) >= 11 is 11.5. The SMILES string of the molecule is COC(=O)C(OC)Oc1cc(Cl)cc(Cl)c1. The second kappa shape index (κ2) is 5.94. The number of esters is 1. The van der Waals surface area contributed by atoms with E-state index in [1.54, 1.807) is 6.07 Å². The third-order valence-electron chi connectivity index (χ3n) is 1.69. The Hall–Kier alpha value is -0.970. The normalized spacial score (nSPS) is 12.0. The van der Waals surface area contributed by atoms with Crippen molar-refractivity contribution >= 4 is 29.2 Å².